The summed E-state index contributed by atoms with van der Waals surface area (Å²) in [6, 6.07) is 20.5. The van der Waals surface area contributed by atoms with Crippen LogP contribution >= 0.6 is 0 Å². The Kier molecular flexibility index (Phi) is 4.19. The fourth-order valence-corrected chi connectivity index (χ4v) is 3.74. The lowest BCUT2D eigenvalue weighted by molar-refractivity contribution is 0.478. The molecular weight excluding hydrogens is 306 g/mol. The predicted molar refractivity (Wildman–Crippen MR) is 105 cm³/mol. The van der Waals surface area contributed by atoms with Gasteiger partial charge in [0, 0.05) is 12.1 Å². The minimum atomic E-state index is 0.279. The van der Waals surface area contributed by atoms with E-state index in [0.717, 1.165) is 24.2 Å². The molecule has 0 fully saturated rings. The van der Waals surface area contributed by atoms with E-state index in [4.69, 9.17) is 0 Å². The van der Waals surface area contributed by atoms with Crippen LogP contribution in [0.5, 0.6) is 5.75 Å². The molecule has 0 saturated carbocycles. The Bertz CT molecular complexity index is 914. The van der Waals surface area contributed by atoms with Crippen molar-refractivity contribution in [2.24, 2.45) is 0 Å². The molecule has 0 spiro atoms. The van der Waals surface area contributed by atoms with E-state index < -0.39 is 0 Å². The smallest absolute Gasteiger partial charge is 0.139 e. The van der Waals surface area contributed by atoms with Crippen LogP contribution in [0.2, 0.25) is 0 Å². The molecule has 0 unspecified atom stereocenters. The zero-order valence-electron chi connectivity index (χ0n) is 14.5. The van der Waals surface area contributed by atoms with Gasteiger partial charge in [0.1, 0.15) is 5.75 Å². The Labute approximate surface area is 149 Å². The molecule has 3 aromatic carbocycles. The van der Waals surface area contributed by atoms with Crippen LogP contribution in [0, 0.1) is 0 Å². The van der Waals surface area contributed by atoms with Gasteiger partial charge in [0.05, 0.1) is 5.69 Å². The van der Waals surface area contributed by atoms with Crippen molar-refractivity contribution in [1.29, 1.82) is 0 Å². The van der Waals surface area contributed by atoms with Crippen LogP contribution in [0.15, 0.2) is 60.7 Å². The molecule has 0 amide bonds. The van der Waals surface area contributed by atoms with Crippen LogP contribution in [-0.4, -0.2) is 5.11 Å². The second-order valence-corrected chi connectivity index (χ2v) is 6.71. The highest BCUT2D eigenvalue weighted by Gasteiger charge is 2.24. The van der Waals surface area contributed by atoms with Crippen LogP contribution in [0.3, 0.4) is 0 Å². The lowest BCUT2D eigenvalue weighted by Crippen LogP contribution is -1.98. The van der Waals surface area contributed by atoms with E-state index in [9.17, 15) is 5.11 Å². The molecule has 0 bridgehead atoms. The van der Waals surface area contributed by atoms with Gasteiger partial charge in [-0.15, -0.1) is 0 Å². The number of hydrogen-bond donors (Lipinski definition) is 2. The number of rotatable bonds is 5. The number of para-hydroxylation sites is 2. The van der Waals surface area contributed by atoms with Gasteiger partial charge < -0.3 is 10.4 Å². The molecule has 25 heavy (non-hydrogen) atoms. The molecule has 126 valence electrons. The summed E-state index contributed by atoms with van der Waals surface area (Å²) in [5, 5.41) is 13.5. The van der Waals surface area contributed by atoms with Crippen molar-refractivity contribution in [2.45, 2.75) is 32.6 Å². The van der Waals surface area contributed by atoms with E-state index in [1.807, 2.05) is 18.2 Å². The number of benzene rings is 3. The van der Waals surface area contributed by atoms with E-state index >= 15 is 0 Å². The molecule has 0 radical (unpaired) electrons. The normalized spacial score (nSPS) is 11.9. The third kappa shape index (κ3) is 2.89. The van der Waals surface area contributed by atoms with Gasteiger partial charge in [-0.1, -0.05) is 55.8 Å². The number of aryl methyl sites for hydroxylation is 1. The zero-order chi connectivity index (χ0) is 17.2. The van der Waals surface area contributed by atoms with Crippen molar-refractivity contribution in [2.75, 3.05) is 5.32 Å². The Hall–Kier alpha value is -2.74. The number of aromatic hydroxyl groups is 1. The molecule has 0 aliphatic heterocycles. The summed E-state index contributed by atoms with van der Waals surface area (Å²) in [6.07, 6.45) is 4.47. The van der Waals surface area contributed by atoms with E-state index in [2.05, 4.69) is 48.6 Å². The van der Waals surface area contributed by atoms with Gasteiger partial charge in [-0.05, 0) is 58.9 Å². The van der Waals surface area contributed by atoms with E-state index in [1.54, 1.807) is 6.07 Å². The van der Waals surface area contributed by atoms with Crippen molar-refractivity contribution in [1.82, 2.24) is 0 Å². The predicted octanol–water partition coefficient (Wildman–Crippen LogP) is 6.05. The molecule has 2 N–H and O–H groups in total. The van der Waals surface area contributed by atoms with Crippen LogP contribution in [0.25, 0.3) is 11.1 Å². The van der Waals surface area contributed by atoms with E-state index in [1.165, 1.54) is 40.7 Å². The minimum absolute atomic E-state index is 0.279. The summed E-state index contributed by atoms with van der Waals surface area (Å²) in [6.45, 7) is 2.24. The van der Waals surface area contributed by atoms with Crippen molar-refractivity contribution < 1.29 is 5.11 Å². The zero-order valence-corrected chi connectivity index (χ0v) is 14.5. The number of phenols is 1. The van der Waals surface area contributed by atoms with E-state index in [-0.39, 0.29) is 5.75 Å². The summed E-state index contributed by atoms with van der Waals surface area (Å²) in [7, 11) is 0. The Morgan fingerprint density at radius 3 is 2.56 bits per heavy atom. The van der Waals surface area contributed by atoms with Crippen LogP contribution in [0.4, 0.5) is 11.4 Å². The second-order valence-electron chi connectivity index (χ2n) is 6.71. The van der Waals surface area contributed by atoms with Gasteiger partial charge in [0.15, 0.2) is 0 Å². The topological polar surface area (TPSA) is 32.3 Å². The second kappa shape index (κ2) is 6.64. The molecule has 0 atom stereocenters. The first kappa shape index (κ1) is 15.8. The van der Waals surface area contributed by atoms with Gasteiger partial charge in [-0.25, -0.2) is 0 Å². The summed E-state index contributed by atoms with van der Waals surface area (Å²) < 4.78 is 0. The average molecular weight is 329 g/mol. The quantitative estimate of drug-likeness (QED) is 0.437. The monoisotopic (exact) mass is 329 g/mol. The molecule has 2 heteroatoms. The highest BCUT2D eigenvalue weighted by molar-refractivity contribution is 5.86. The van der Waals surface area contributed by atoms with Gasteiger partial charge in [-0.3, -0.25) is 0 Å². The molecule has 3 aromatic rings. The number of unbranched alkanes of at least 4 members (excludes halogenated alkanes) is 1. The standard InChI is InChI=1S/C23H23NO/c1-2-3-8-16-13-14-20(24-21-11-6-7-12-22(21)25)19-15-17-9-4-5-10-18(17)23(16)19/h4-7,9-14,24-25H,2-3,8,15H2,1H3. The molecule has 1 aliphatic rings. The Balaban J connectivity index is 1.80. The lowest BCUT2D eigenvalue weighted by atomic mass is 9.95. The number of hydrogen-bond acceptors (Lipinski definition) is 2. The third-order valence-corrected chi connectivity index (χ3v) is 5.03. The van der Waals surface area contributed by atoms with Gasteiger partial charge in [0.2, 0.25) is 0 Å². The maximum absolute atomic E-state index is 10.1. The first-order valence-electron chi connectivity index (χ1n) is 9.06. The maximum Gasteiger partial charge on any atom is 0.139 e. The molecule has 4 rings (SSSR count). The molecule has 0 saturated heterocycles. The SMILES string of the molecule is CCCCc1ccc(Nc2ccccc2O)c2c1-c1ccccc1C2. The Morgan fingerprint density at radius 1 is 0.920 bits per heavy atom. The van der Waals surface area contributed by atoms with Crippen molar-refractivity contribution in [3.05, 3.63) is 77.4 Å². The van der Waals surface area contributed by atoms with Crippen LogP contribution in [0.1, 0.15) is 36.5 Å². The largest absolute Gasteiger partial charge is 0.506 e. The van der Waals surface area contributed by atoms with Gasteiger partial charge >= 0.3 is 0 Å². The van der Waals surface area contributed by atoms with Crippen molar-refractivity contribution in [3.63, 3.8) is 0 Å². The van der Waals surface area contributed by atoms with Gasteiger partial charge in [0.25, 0.3) is 0 Å². The minimum Gasteiger partial charge on any atom is -0.506 e. The van der Waals surface area contributed by atoms with Crippen LogP contribution < -0.4 is 5.32 Å². The third-order valence-electron chi connectivity index (χ3n) is 5.03. The molecular formula is C23H23NO. The first-order chi connectivity index (χ1) is 12.3. The van der Waals surface area contributed by atoms with Crippen LogP contribution in [-0.2, 0) is 12.8 Å². The van der Waals surface area contributed by atoms with Gasteiger partial charge in [-0.2, -0.15) is 0 Å². The average Bonchev–Trinajstić information content (AvgIpc) is 3.03. The van der Waals surface area contributed by atoms with E-state index in [0.29, 0.717) is 0 Å². The van der Waals surface area contributed by atoms with Crippen molar-refractivity contribution in [3.8, 4) is 16.9 Å². The maximum atomic E-state index is 10.1. The summed E-state index contributed by atoms with van der Waals surface area (Å²) >= 11 is 0. The fourth-order valence-electron chi connectivity index (χ4n) is 3.74. The summed E-state index contributed by atoms with van der Waals surface area (Å²) in [5.41, 5.74) is 8.77. The fraction of sp³-hybridized carbons (Fsp3) is 0.217. The highest BCUT2D eigenvalue weighted by atomic mass is 16.3. The molecule has 0 aromatic heterocycles. The first-order valence-corrected chi connectivity index (χ1v) is 9.06. The number of nitrogens with one attached hydrogen (secondary N) is 1. The molecule has 1 aliphatic carbocycles. The van der Waals surface area contributed by atoms with Crippen molar-refractivity contribution >= 4 is 11.4 Å². The molecule has 2 nitrogen and oxygen atoms in total. The summed E-state index contributed by atoms with van der Waals surface area (Å²) in [4.78, 5) is 0. The highest BCUT2D eigenvalue weighted by Crippen LogP contribution is 2.44. The molecule has 0 heterocycles. The Morgan fingerprint density at radius 2 is 1.72 bits per heavy atom. The summed E-state index contributed by atoms with van der Waals surface area (Å²) in [5.74, 6) is 0.279. The number of anilines is 2. The number of phenolic OH excluding ortho intramolecular Hbond substituents is 1. The lowest BCUT2D eigenvalue weighted by Gasteiger charge is -2.16. The number of fused-ring (bicyclic) bond motifs is 3.